The number of aliphatic hydroxyl groups is 1. The molecule has 0 aromatic rings. The van der Waals surface area contributed by atoms with Gasteiger partial charge in [0.25, 0.3) is 0 Å². The summed E-state index contributed by atoms with van der Waals surface area (Å²) in [5.74, 6) is 0.355. The highest BCUT2D eigenvalue weighted by Crippen LogP contribution is 2.09. The summed E-state index contributed by atoms with van der Waals surface area (Å²) in [4.78, 5) is 1.91. The number of rotatable bonds is 1. The molecule has 0 saturated carbocycles. The van der Waals surface area contributed by atoms with E-state index < -0.39 is 9.84 Å². The highest BCUT2D eigenvalue weighted by molar-refractivity contribution is 7.91. The van der Waals surface area contributed by atoms with Gasteiger partial charge in [0.05, 0.1) is 18.1 Å². The fourth-order valence-corrected chi connectivity index (χ4v) is 3.09. The molecule has 1 aliphatic rings. The van der Waals surface area contributed by atoms with Crippen molar-refractivity contribution < 1.29 is 13.5 Å². The monoisotopic (exact) mass is 193 g/mol. The molecule has 1 atom stereocenters. The maximum Gasteiger partial charge on any atom is 0.151 e. The number of aliphatic hydroxyl groups excluding tert-OH is 1. The topological polar surface area (TPSA) is 57.6 Å². The maximum atomic E-state index is 11.2. The second-order valence-electron chi connectivity index (χ2n) is 3.28. The normalized spacial score (nSPS) is 31.3. The van der Waals surface area contributed by atoms with Crippen molar-refractivity contribution in [3.05, 3.63) is 0 Å². The quantitative estimate of drug-likeness (QED) is 0.586. The van der Waals surface area contributed by atoms with E-state index in [1.165, 1.54) is 0 Å². The zero-order valence-electron chi connectivity index (χ0n) is 7.23. The SMILES string of the molecule is CN1CCCS(=O)(=O)CC1CO. The van der Waals surface area contributed by atoms with Crippen molar-refractivity contribution in [3.63, 3.8) is 0 Å². The van der Waals surface area contributed by atoms with Gasteiger partial charge in [0.2, 0.25) is 0 Å². The Kier molecular flexibility index (Phi) is 3.09. The summed E-state index contributed by atoms with van der Waals surface area (Å²) in [6.07, 6.45) is 0.676. The Morgan fingerprint density at radius 3 is 2.83 bits per heavy atom. The van der Waals surface area contributed by atoms with Gasteiger partial charge in [-0.2, -0.15) is 0 Å². The highest BCUT2D eigenvalue weighted by atomic mass is 32.2. The van der Waals surface area contributed by atoms with Crippen molar-refractivity contribution in [2.24, 2.45) is 0 Å². The van der Waals surface area contributed by atoms with Crippen LogP contribution in [0.15, 0.2) is 0 Å². The lowest BCUT2D eigenvalue weighted by atomic mass is 10.3. The first-order chi connectivity index (χ1) is 5.55. The van der Waals surface area contributed by atoms with Crippen LogP contribution >= 0.6 is 0 Å². The first-order valence-electron chi connectivity index (χ1n) is 4.07. The van der Waals surface area contributed by atoms with Gasteiger partial charge < -0.3 is 10.0 Å². The van der Waals surface area contributed by atoms with Gasteiger partial charge in [-0.15, -0.1) is 0 Å². The van der Waals surface area contributed by atoms with Crippen molar-refractivity contribution in [2.45, 2.75) is 12.5 Å². The zero-order valence-corrected chi connectivity index (χ0v) is 8.05. The van der Waals surface area contributed by atoms with Gasteiger partial charge in [-0.3, -0.25) is 0 Å². The molecule has 0 amide bonds. The van der Waals surface area contributed by atoms with E-state index in [2.05, 4.69) is 0 Å². The summed E-state index contributed by atoms with van der Waals surface area (Å²) in [5.41, 5.74) is 0. The summed E-state index contributed by atoms with van der Waals surface area (Å²) >= 11 is 0. The van der Waals surface area contributed by atoms with Crippen LogP contribution in [0.3, 0.4) is 0 Å². The highest BCUT2D eigenvalue weighted by Gasteiger charge is 2.25. The van der Waals surface area contributed by atoms with Crippen molar-refractivity contribution >= 4 is 9.84 Å². The van der Waals surface area contributed by atoms with E-state index in [1.54, 1.807) is 0 Å². The Bertz CT molecular complexity index is 237. The third-order valence-corrected chi connectivity index (χ3v) is 4.05. The Morgan fingerprint density at radius 1 is 1.58 bits per heavy atom. The number of hydrogen-bond acceptors (Lipinski definition) is 4. The van der Waals surface area contributed by atoms with E-state index >= 15 is 0 Å². The Morgan fingerprint density at radius 2 is 2.25 bits per heavy atom. The van der Waals surface area contributed by atoms with Crippen LogP contribution in [0.2, 0.25) is 0 Å². The number of hydrogen-bond donors (Lipinski definition) is 1. The van der Waals surface area contributed by atoms with Crippen LogP contribution in [0.4, 0.5) is 0 Å². The predicted octanol–water partition coefficient (Wildman–Crippen LogP) is -0.902. The molecule has 0 spiro atoms. The molecule has 1 fully saturated rings. The van der Waals surface area contributed by atoms with Crippen LogP contribution in [-0.2, 0) is 9.84 Å². The smallest absolute Gasteiger partial charge is 0.151 e. The molecule has 0 aromatic carbocycles. The van der Waals surface area contributed by atoms with E-state index in [0.717, 1.165) is 6.54 Å². The van der Waals surface area contributed by atoms with Crippen LogP contribution in [0.1, 0.15) is 6.42 Å². The minimum Gasteiger partial charge on any atom is -0.395 e. The molecule has 1 aliphatic heterocycles. The lowest BCUT2D eigenvalue weighted by molar-refractivity contribution is 0.164. The second-order valence-corrected chi connectivity index (χ2v) is 5.51. The van der Waals surface area contributed by atoms with Gasteiger partial charge in [-0.25, -0.2) is 8.42 Å². The number of nitrogens with zero attached hydrogens (tertiary/aromatic N) is 1. The molecular formula is C7H15NO3S. The molecule has 1 rings (SSSR count). The van der Waals surface area contributed by atoms with E-state index in [0.29, 0.717) is 6.42 Å². The molecule has 1 saturated heterocycles. The Balaban J connectivity index is 2.72. The molecule has 0 aromatic heterocycles. The fraction of sp³-hybridized carbons (Fsp3) is 1.00. The van der Waals surface area contributed by atoms with Crippen LogP contribution in [-0.4, -0.2) is 56.2 Å². The average molecular weight is 193 g/mol. The predicted molar refractivity (Wildman–Crippen MR) is 46.8 cm³/mol. The van der Waals surface area contributed by atoms with Crippen LogP contribution in [0.5, 0.6) is 0 Å². The summed E-state index contributed by atoms with van der Waals surface area (Å²) in [6, 6.07) is -0.211. The summed E-state index contributed by atoms with van der Waals surface area (Å²) in [6.45, 7) is 0.681. The molecule has 0 radical (unpaired) electrons. The largest absolute Gasteiger partial charge is 0.395 e. The maximum absolute atomic E-state index is 11.2. The van der Waals surface area contributed by atoms with Gasteiger partial charge >= 0.3 is 0 Å². The summed E-state index contributed by atoms with van der Waals surface area (Å²) in [7, 11) is -1.07. The van der Waals surface area contributed by atoms with Crippen molar-refractivity contribution in [2.75, 3.05) is 31.7 Å². The van der Waals surface area contributed by atoms with Crippen LogP contribution < -0.4 is 0 Å². The number of sulfone groups is 1. The van der Waals surface area contributed by atoms with Gasteiger partial charge in [0.1, 0.15) is 0 Å². The summed E-state index contributed by atoms with van der Waals surface area (Å²) in [5, 5.41) is 8.91. The molecule has 0 aliphatic carbocycles. The standard InChI is InChI=1S/C7H15NO3S/c1-8-3-2-4-12(10,11)6-7(8)5-9/h7,9H,2-6H2,1H3. The fourth-order valence-electron chi connectivity index (χ4n) is 1.41. The minimum atomic E-state index is -2.92. The molecule has 4 nitrogen and oxygen atoms in total. The van der Waals surface area contributed by atoms with E-state index in [1.807, 2.05) is 11.9 Å². The molecule has 0 bridgehead atoms. The third-order valence-electron chi connectivity index (χ3n) is 2.25. The third kappa shape index (κ3) is 2.43. The first-order valence-corrected chi connectivity index (χ1v) is 5.89. The minimum absolute atomic E-state index is 0.0737. The van der Waals surface area contributed by atoms with Crippen molar-refractivity contribution in [1.29, 1.82) is 0 Å². The number of likely N-dealkylation sites (N-methyl/N-ethyl adjacent to an activating group) is 1. The van der Waals surface area contributed by atoms with Gasteiger partial charge in [0.15, 0.2) is 9.84 Å². The van der Waals surface area contributed by atoms with Gasteiger partial charge in [-0.1, -0.05) is 0 Å². The Labute approximate surface area is 73.1 Å². The van der Waals surface area contributed by atoms with Crippen LogP contribution in [0.25, 0.3) is 0 Å². The lowest BCUT2D eigenvalue weighted by Gasteiger charge is -2.22. The summed E-state index contributed by atoms with van der Waals surface area (Å²) < 4.78 is 22.5. The second kappa shape index (κ2) is 3.72. The van der Waals surface area contributed by atoms with Gasteiger partial charge in [0, 0.05) is 6.04 Å². The van der Waals surface area contributed by atoms with Crippen molar-refractivity contribution in [1.82, 2.24) is 4.90 Å². The molecule has 72 valence electrons. The van der Waals surface area contributed by atoms with Gasteiger partial charge in [-0.05, 0) is 20.0 Å². The molecule has 1 heterocycles. The average Bonchev–Trinajstić information content (AvgIpc) is 2.10. The van der Waals surface area contributed by atoms with E-state index in [9.17, 15) is 8.42 Å². The molecule has 12 heavy (non-hydrogen) atoms. The first kappa shape index (κ1) is 9.95. The van der Waals surface area contributed by atoms with E-state index in [4.69, 9.17) is 5.11 Å². The Hall–Kier alpha value is -0.130. The molecular weight excluding hydrogens is 178 g/mol. The van der Waals surface area contributed by atoms with E-state index in [-0.39, 0.29) is 24.2 Å². The lowest BCUT2D eigenvalue weighted by Crippen LogP contribution is -2.38. The molecule has 1 unspecified atom stereocenters. The van der Waals surface area contributed by atoms with Crippen LogP contribution in [0, 0.1) is 0 Å². The zero-order chi connectivity index (χ0) is 9.19. The van der Waals surface area contributed by atoms with Crippen molar-refractivity contribution in [3.8, 4) is 0 Å². The molecule has 5 heteroatoms. The molecule has 1 N–H and O–H groups in total.